The highest BCUT2D eigenvalue weighted by molar-refractivity contribution is 6.20. The number of halogens is 1. The van der Waals surface area contributed by atoms with Gasteiger partial charge in [0.05, 0.1) is 5.38 Å². The first-order valence-electron chi connectivity index (χ1n) is 5.12. The average Bonchev–Trinajstić information content (AvgIpc) is 2.14. The Morgan fingerprint density at radius 1 is 1.47 bits per heavy atom. The van der Waals surface area contributed by atoms with E-state index in [9.17, 15) is 0 Å². The van der Waals surface area contributed by atoms with E-state index in [1.807, 2.05) is 34.1 Å². The molecule has 0 bridgehead atoms. The molecule has 1 unspecified atom stereocenters. The Bertz CT molecular complexity index is 324. The normalized spacial score (nSPS) is 13.2. The fraction of sp³-hybridized carbons (Fsp3) is 0.636. The summed E-state index contributed by atoms with van der Waals surface area (Å²) in [6.45, 7) is 4.89. The van der Waals surface area contributed by atoms with Crippen molar-refractivity contribution < 1.29 is 0 Å². The number of hydrogen-bond donors (Lipinski definition) is 0. The largest absolute Gasteiger partial charge is 0.309 e. The van der Waals surface area contributed by atoms with Crippen LogP contribution in [0.25, 0.3) is 0 Å². The third kappa shape index (κ3) is 3.76. The van der Waals surface area contributed by atoms with Gasteiger partial charge in [-0.15, -0.1) is 11.6 Å². The van der Waals surface area contributed by atoms with Crippen molar-refractivity contribution in [2.24, 2.45) is 0 Å². The maximum Gasteiger partial charge on any atom is 0.129 e. The number of rotatable bonds is 4. The van der Waals surface area contributed by atoms with E-state index in [1.165, 1.54) is 0 Å². The summed E-state index contributed by atoms with van der Waals surface area (Å²) < 4.78 is 0. The van der Waals surface area contributed by atoms with Crippen molar-refractivity contribution in [3.8, 4) is 0 Å². The number of nitrogens with zero attached hydrogens (tertiary/aromatic N) is 3. The van der Waals surface area contributed by atoms with E-state index < -0.39 is 0 Å². The second-order valence-electron chi connectivity index (χ2n) is 4.00. The van der Waals surface area contributed by atoms with Gasteiger partial charge in [-0.05, 0) is 27.9 Å². The summed E-state index contributed by atoms with van der Waals surface area (Å²) in [5.41, 5.74) is 2.01. The molecule has 0 amide bonds. The van der Waals surface area contributed by atoms with E-state index in [4.69, 9.17) is 11.6 Å². The molecule has 1 aromatic rings. The molecule has 1 atom stereocenters. The first kappa shape index (κ1) is 12.4. The molecule has 0 saturated heterocycles. The predicted octanol–water partition coefficient (Wildman–Crippen LogP) is 2.19. The summed E-state index contributed by atoms with van der Waals surface area (Å²) in [6, 6.07) is 0. The van der Waals surface area contributed by atoms with E-state index in [-0.39, 0.29) is 5.38 Å². The quantitative estimate of drug-likeness (QED) is 0.739. The Hall–Kier alpha value is -0.670. The molecule has 84 valence electrons. The fourth-order valence-corrected chi connectivity index (χ4v) is 1.57. The highest BCUT2D eigenvalue weighted by atomic mass is 35.5. The summed E-state index contributed by atoms with van der Waals surface area (Å²) in [7, 11) is 4.09. The summed E-state index contributed by atoms with van der Waals surface area (Å²) >= 11 is 6.00. The Labute approximate surface area is 96.5 Å². The molecule has 1 aromatic heterocycles. The van der Waals surface area contributed by atoms with Gasteiger partial charge in [-0.3, -0.25) is 0 Å². The van der Waals surface area contributed by atoms with Crippen molar-refractivity contribution in [3.05, 3.63) is 23.3 Å². The summed E-state index contributed by atoms with van der Waals surface area (Å²) in [6.07, 6.45) is 2.72. The molecule has 0 aliphatic heterocycles. The third-order valence-electron chi connectivity index (χ3n) is 2.28. The van der Waals surface area contributed by atoms with E-state index in [0.717, 1.165) is 30.0 Å². The Morgan fingerprint density at radius 2 is 2.13 bits per heavy atom. The van der Waals surface area contributed by atoms with Crippen LogP contribution >= 0.6 is 11.6 Å². The number of likely N-dealkylation sites (N-methyl/N-ethyl adjacent to an activating group) is 1. The molecule has 1 heterocycles. The number of alkyl halides is 1. The first-order valence-corrected chi connectivity index (χ1v) is 5.55. The van der Waals surface area contributed by atoms with Crippen LogP contribution in [-0.2, 0) is 6.42 Å². The minimum Gasteiger partial charge on any atom is -0.309 e. The first-order chi connectivity index (χ1) is 7.00. The second-order valence-corrected chi connectivity index (χ2v) is 4.65. The van der Waals surface area contributed by atoms with Crippen LogP contribution in [-0.4, -0.2) is 35.5 Å². The Morgan fingerprint density at radius 3 is 2.60 bits per heavy atom. The van der Waals surface area contributed by atoms with Gasteiger partial charge in [0, 0.05) is 30.4 Å². The van der Waals surface area contributed by atoms with Gasteiger partial charge in [0.1, 0.15) is 5.82 Å². The molecular formula is C11H18ClN3. The monoisotopic (exact) mass is 227 g/mol. The predicted molar refractivity (Wildman–Crippen MR) is 63.3 cm³/mol. The average molecular weight is 228 g/mol. The van der Waals surface area contributed by atoms with Gasteiger partial charge < -0.3 is 4.90 Å². The Kier molecular flexibility index (Phi) is 4.48. The zero-order chi connectivity index (χ0) is 11.4. The maximum absolute atomic E-state index is 6.00. The van der Waals surface area contributed by atoms with Gasteiger partial charge in [-0.1, -0.05) is 0 Å². The molecule has 0 aliphatic rings. The smallest absolute Gasteiger partial charge is 0.129 e. The van der Waals surface area contributed by atoms with Crippen molar-refractivity contribution in [1.29, 1.82) is 0 Å². The lowest BCUT2D eigenvalue weighted by atomic mass is 10.2. The van der Waals surface area contributed by atoms with Crippen molar-refractivity contribution in [1.82, 2.24) is 14.9 Å². The lowest BCUT2D eigenvalue weighted by Crippen LogP contribution is -2.16. The van der Waals surface area contributed by atoms with Gasteiger partial charge in [0.25, 0.3) is 0 Å². The van der Waals surface area contributed by atoms with Crippen LogP contribution in [0, 0.1) is 6.92 Å². The van der Waals surface area contributed by atoms with Crippen LogP contribution in [0.3, 0.4) is 0 Å². The van der Waals surface area contributed by atoms with Gasteiger partial charge in [-0.25, -0.2) is 9.97 Å². The van der Waals surface area contributed by atoms with Crippen LogP contribution in [0.1, 0.15) is 29.4 Å². The van der Waals surface area contributed by atoms with Crippen molar-refractivity contribution in [3.63, 3.8) is 0 Å². The summed E-state index contributed by atoms with van der Waals surface area (Å²) in [5, 5.41) is -0.0205. The van der Waals surface area contributed by atoms with Crippen molar-refractivity contribution in [2.45, 2.75) is 25.6 Å². The number of aryl methyl sites for hydroxylation is 1. The van der Waals surface area contributed by atoms with E-state index in [0.29, 0.717) is 0 Å². The third-order valence-corrected chi connectivity index (χ3v) is 2.51. The maximum atomic E-state index is 6.00. The van der Waals surface area contributed by atoms with Crippen molar-refractivity contribution in [2.75, 3.05) is 20.6 Å². The fourth-order valence-electron chi connectivity index (χ4n) is 1.36. The van der Waals surface area contributed by atoms with Gasteiger partial charge in [0.2, 0.25) is 0 Å². The topological polar surface area (TPSA) is 29.0 Å². The zero-order valence-corrected chi connectivity index (χ0v) is 10.5. The summed E-state index contributed by atoms with van der Waals surface area (Å²) in [4.78, 5) is 10.9. The van der Waals surface area contributed by atoms with Gasteiger partial charge in [0.15, 0.2) is 0 Å². The highest BCUT2D eigenvalue weighted by Crippen LogP contribution is 2.20. The number of hydrogen-bond acceptors (Lipinski definition) is 3. The standard InChI is InChI=1S/C11H18ClN3/c1-8(12)10-7-13-11(14-9(10)2)5-6-15(3)4/h7-8H,5-6H2,1-4H3. The molecule has 0 radical (unpaired) electrons. The molecule has 4 heteroatoms. The number of aromatic nitrogens is 2. The lowest BCUT2D eigenvalue weighted by molar-refractivity contribution is 0.409. The van der Waals surface area contributed by atoms with Crippen LogP contribution in [0.4, 0.5) is 0 Å². The molecule has 0 fully saturated rings. The van der Waals surface area contributed by atoms with Crippen LogP contribution in [0.5, 0.6) is 0 Å². The molecule has 3 nitrogen and oxygen atoms in total. The van der Waals surface area contributed by atoms with Crippen molar-refractivity contribution >= 4 is 11.6 Å². The minimum atomic E-state index is -0.0205. The highest BCUT2D eigenvalue weighted by Gasteiger charge is 2.08. The van der Waals surface area contributed by atoms with Gasteiger partial charge >= 0.3 is 0 Å². The van der Waals surface area contributed by atoms with E-state index >= 15 is 0 Å². The van der Waals surface area contributed by atoms with Crippen LogP contribution in [0.15, 0.2) is 6.20 Å². The molecule has 0 aliphatic carbocycles. The zero-order valence-electron chi connectivity index (χ0n) is 9.79. The second kappa shape index (κ2) is 5.42. The molecule has 0 aromatic carbocycles. The molecule has 1 rings (SSSR count). The molecule has 15 heavy (non-hydrogen) atoms. The van der Waals surface area contributed by atoms with E-state index in [2.05, 4.69) is 14.9 Å². The molecule has 0 N–H and O–H groups in total. The molecule has 0 spiro atoms. The van der Waals surface area contributed by atoms with E-state index in [1.54, 1.807) is 0 Å². The summed E-state index contributed by atoms with van der Waals surface area (Å²) in [5.74, 6) is 0.891. The molecular weight excluding hydrogens is 210 g/mol. The van der Waals surface area contributed by atoms with Crippen LogP contribution in [0.2, 0.25) is 0 Å². The Balaban J connectivity index is 2.73. The van der Waals surface area contributed by atoms with Gasteiger partial charge in [-0.2, -0.15) is 0 Å². The SMILES string of the molecule is Cc1nc(CCN(C)C)ncc1C(C)Cl. The minimum absolute atomic E-state index is 0.0205. The van der Waals surface area contributed by atoms with Crippen LogP contribution < -0.4 is 0 Å². The molecule has 0 saturated carbocycles. The lowest BCUT2D eigenvalue weighted by Gasteiger charge is -2.10.